The van der Waals surface area contributed by atoms with Crippen LogP contribution < -0.4 is 11.1 Å². The van der Waals surface area contributed by atoms with Crippen LogP contribution in [0.15, 0.2) is 0 Å². The minimum atomic E-state index is 0.212. The molecular weight excluding hydrogens is 136 g/mol. The highest BCUT2D eigenvalue weighted by Gasteiger charge is 2.38. The zero-order valence-corrected chi connectivity index (χ0v) is 7.10. The molecule has 2 nitrogen and oxygen atoms in total. The van der Waals surface area contributed by atoms with Gasteiger partial charge in [-0.05, 0) is 38.3 Å². The summed E-state index contributed by atoms with van der Waals surface area (Å²) in [6.07, 6.45) is 6.54. The third kappa shape index (κ3) is 1.30. The monoisotopic (exact) mass is 154 g/mol. The average Bonchev–Trinajstić information content (AvgIpc) is 2.55. The lowest BCUT2D eigenvalue weighted by Crippen LogP contribution is -2.45. The lowest BCUT2D eigenvalue weighted by molar-refractivity contribution is 0.296. The predicted molar refractivity (Wildman–Crippen MR) is 46.4 cm³/mol. The Morgan fingerprint density at radius 2 is 2.00 bits per heavy atom. The van der Waals surface area contributed by atoms with E-state index in [1.807, 2.05) is 0 Å². The Hall–Kier alpha value is -0.0800. The number of rotatable bonds is 1. The maximum absolute atomic E-state index is 6.32. The fraction of sp³-hybridized carbons (Fsp3) is 1.00. The molecule has 0 aromatic heterocycles. The largest absolute Gasteiger partial charge is 0.325 e. The Balaban J connectivity index is 2.00. The van der Waals surface area contributed by atoms with Gasteiger partial charge in [-0.3, -0.25) is 0 Å². The van der Waals surface area contributed by atoms with Gasteiger partial charge in [0.25, 0.3) is 0 Å². The van der Waals surface area contributed by atoms with Crippen LogP contribution >= 0.6 is 0 Å². The van der Waals surface area contributed by atoms with Crippen LogP contribution in [0.25, 0.3) is 0 Å². The van der Waals surface area contributed by atoms with E-state index in [0.29, 0.717) is 0 Å². The second kappa shape index (κ2) is 2.76. The van der Waals surface area contributed by atoms with Gasteiger partial charge in [0.1, 0.15) is 0 Å². The molecule has 1 unspecified atom stereocenters. The highest BCUT2D eigenvalue weighted by atomic mass is 14.9. The molecule has 0 spiro atoms. The Morgan fingerprint density at radius 1 is 1.27 bits per heavy atom. The molecule has 3 N–H and O–H groups in total. The third-order valence-corrected chi connectivity index (χ3v) is 3.41. The summed E-state index contributed by atoms with van der Waals surface area (Å²) in [4.78, 5) is 0. The van der Waals surface area contributed by atoms with E-state index < -0.39 is 0 Å². The van der Waals surface area contributed by atoms with Crippen molar-refractivity contribution < 1.29 is 0 Å². The zero-order valence-electron chi connectivity index (χ0n) is 7.10. The maximum Gasteiger partial charge on any atom is 0.0195 e. The van der Waals surface area contributed by atoms with E-state index in [2.05, 4.69) is 5.32 Å². The zero-order chi connectivity index (χ0) is 7.73. The van der Waals surface area contributed by atoms with Gasteiger partial charge in [0, 0.05) is 5.54 Å². The molecule has 1 heterocycles. The van der Waals surface area contributed by atoms with Crippen molar-refractivity contribution in [1.29, 1.82) is 0 Å². The third-order valence-electron chi connectivity index (χ3n) is 3.41. The van der Waals surface area contributed by atoms with Crippen LogP contribution in [0.1, 0.15) is 32.1 Å². The Bertz CT molecular complexity index is 132. The van der Waals surface area contributed by atoms with Crippen molar-refractivity contribution in [3.8, 4) is 0 Å². The van der Waals surface area contributed by atoms with Crippen molar-refractivity contribution in [2.24, 2.45) is 11.7 Å². The van der Waals surface area contributed by atoms with Crippen molar-refractivity contribution in [3.63, 3.8) is 0 Å². The molecule has 0 bridgehead atoms. The van der Waals surface area contributed by atoms with Gasteiger partial charge in [0.2, 0.25) is 0 Å². The fourth-order valence-corrected chi connectivity index (χ4v) is 2.59. The van der Waals surface area contributed by atoms with Crippen molar-refractivity contribution >= 4 is 0 Å². The van der Waals surface area contributed by atoms with E-state index in [0.717, 1.165) is 12.5 Å². The first kappa shape index (κ1) is 7.56. The van der Waals surface area contributed by atoms with Crippen LogP contribution in [0.4, 0.5) is 0 Å². The van der Waals surface area contributed by atoms with Crippen LogP contribution in [-0.2, 0) is 0 Å². The molecule has 1 saturated carbocycles. The van der Waals surface area contributed by atoms with E-state index in [1.165, 1.54) is 38.6 Å². The normalized spacial score (nSPS) is 36.3. The van der Waals surface area contributed by atoms with Gasteiger partial charge in [-0.15, -0.1) is 0 Å². The van der Waals surface area contributed by atoms with Crippen molar-refractivity contribution in [2.45, 2.75) is 37.6 Å². The second-order valence-electron chi connectivity index (χ2n) is 4.13. The van der Waals surface area contributed by atoms with Gasteiger partial charge in [-0.1, -0.05) is 12.8 Å². The van der Waals surface area contributed by atoms with Crippen molar-refractivity contribution in [3.05, 3.63) is 0 Å². The summed E-state index contributed by atoms with van der Waals surface area (Å²) in [5.74, 6) is 0.769. The lowest BCUT2D eigenvalue weighted by atomic mass is 9.83. The first-order valence-electron chi connectivity index (χ1n) is 4.81. The SMILES string of the molecule is NC1(C2CCNC2)CCCC1. The summed E-state index contributed by atoms with van der Waals surface area (Å²) >= 11 is 0. The first-order chi connectivity index (χ1) is 5.31. The quantitative estimate of drug-likeness (QED) is 0.588. The summed E-state index contributed by atoms with van der Waals surface area (Å²) in [7, 11) is 0. The Morgan fingerprint density at radius 3 is 2.55 bits per heavy atom. The van der Waals surface area contributed by atoms with Crippen molar-refractivity contribution in [2.75, 3.05) is 13.1 Å². The molecule has 0 amide bonds. The average molecular weight is 154 g/mol. The molecule has 11 heavy (non-hydrogen) atoms. The highest BCUT2D eigenvalue weighted by molar-refractivity contribution is 4.98. The predicted octanol–water partition coefficient (Wildman–Crippen LogP) is 0.867. The molecule has 0 aromatic carbocycles. The maximum atomic E-state index is 6.32. The van der Waals surface area contributed by atoms with Crippen LogP contribution in [-0.4, -0.2) is 18.6 Å². The fourth-order valence-electron chi connectivity index (χ4n) is 2.59. The van der Waals surface area contributed by atoms with E-state index in [1.54, 1.807) is 0 Å². The summed E-state index contributed by atoms with van der Waals surface area (Å²) in [6.45, 7) is 2.35. The van der Waals surface area contributed by atoms with E-state index in [9.17, 15) is 0 Å². The molecule has 1 saturated heterocycles. The van der Waals surface area contributed by atoms with Gasteiger partial charge >= 0.3 is 0 Å². The van der Waals surface area contributed by atoms with Crippen molar-refractivity contribution in [1.82, 2.24) is 5.32 Å². The van der Waals surface area contributed by atoms with E-state index in [4.69, 9.17) is 5.73 Å². The standard InChI is InChI=1S/C9H18N2/c10-9(4-1-2-5-9)8-3-6-11-7-8/h8,11H,1-7,10H2. The smallest absolute Gasteiger partial charge is 0.0195 e. The van der Waals surface area contributed by atoms with Crippen LogP contribution in [0.2, 0.25) is 0 Å². The lowest BCUT2D eigenvalue weighted by Gasteiger charge is -2.30. The summed E-state index contributed by atoms with van der Waals surface area (Å²) in [5.41, 5.74) is 6.54. The second-order valence-corrected chi connectivity index (χ2v) is 4.13. The molecule has 1 aliphatic heterocycles. The summed E-state index contributed by atoms with van der Waals surface area (Å²) in [5, 5.41) is 3.39. The van der Waals surface area contributed by atoms with E-state index >= 15 is 0 Å². The molecule has 2 heteroatoms. The van der Waals surface area contributed by atoms with Gasteiger partial charge in [-0.2, -0.15) is 0 Å². The number of hydrogen-bond donors (Lipinski definition) is 2. The number of nitrogens with two attached hydrogens (primary N) is 1. The Kier molecular flexibility index (Phi) is 1.90. The minimum absolute atomic E-state index is 0.212. The van der Waals surface area contributed by atoms with Gasteiger partial charge in [0.15, 0.2) is 0 Å². The highest BCUT2D eigenvalue weighted by Crippen LogP contribution is 2.36. The number of nitrogens with one attached hydrogen (secondary N) is 1. The molecule has 2 rings (SSSR count). The Labute approximate surface area is 68.5 Å². The molecule has 0 radical (unpaired) electrons. The van der Waals surface area contributed by atoms with Gasteiger partial charge in [-0.25, -0.2) is 0 Å². The molecule has 1 atom stereocenters. The van der Waals surface area contributed by atoms with E-state index in [-0.39, 0.29) is 5.54 Å². The van der Waals surface area contributed by atoms with Gasteiger partial charge in [0.05, 0.1) is 0 Å². The minimum Gasteiger partial charge on any atom is -0.325 e. The van der Waals surface area contributed by atoms with Gasteiger partial charge < -0.3 is 11.1 Å². The first-order valence-corrected chi connectivity index (χ1v) is 4.81. The van der Waals surface area contributed by atoms with Crippen LogP contribution in [0.3, 0.4) is 0 Å². The summed E-state index contributed by atoms with van der Waals surface area (Å²) < 4.78 is 0. The molecule has 2 aliphatic rings. The number of hydrogen-bond acceptors (Lipinski definition) is 2. The molecule has 1 aliphatic carbocycles. The molecular formula is C9H18N2. The van der Waals surface area contributed by atoms with Crippen LogP contribution in [0.5, 0.6) is 0 Å². The van der Waals surface area contributed by atoms with Crippen LogP contribution in [0, 0.1) is 5.92 Å². The topological polar surface area (TPSA) is 38.0 Å². The molecule has 2 fully saturated rings. The summed E-state index contributed by atoms with van der Waals surface area (Å²) in [6, 6.07) is 0. The molecule has 0 aromatic rings. The molecule has 64 valence electrons.